The van der Waals surface area contributed by atoms with Crippen LogP contribution in [0.5, 0.6) is 11.5 Å². The molecule has 0 unspecified atom stereocenters. The number of sulfonamides is 1. The van der Waals surface area contributed by atoms with E-state index in [0.29, 0.717) is 5.75 Å². The predicted molar refractivity (Wildman–Crippen MR) is 182 cm³/mol. The summed E-state index contributed by atoms with van der Waals surface area (Å²) in [6.45, 7) is 3.14. The van der Waals surface area contributed by atoms with Crippen LogP contribution in [-0.2, 0) is 32.6 Å². The highest BCUT2D eigenvalue weighted by Gasteiger charge is 2.36. The van der Waals surface area contributed by atoms with E-state index in [1.165, 1.54) is 37.3 Å². The average Bonchev–Trinajstić information content (AvgIpc) is 3.06. The number of carbonyl (C=O) groups is 2. The van der Waals surface area contributed by atoms with Crippen LogP contribution >= 0.6 is 15.9 Å². The standard InChI is InChI=1S/C35H38BrN3O6S/c1-25(2)37-35(41)32(21-26-11-7-5-8-12-26)38(23-27-15-17-28(36)18-16-27)34(40)24-39(46(42,43)30-13-9-6-10-14-30)31-22-29(44-3)19-20-33(31)45-4/h5-20,22,25,32H,21,23-24H2,1-4H3,(H,37,41)/t32-/m0/s1. The number of hydrogen-bond acceptors (Lipinski definition) is 6. The number of rotatable bonds is 14. The highest BCUT2D eigenvalue weighted by molar-refractivity contribution is 9.10. The smallest absolute Gasteiger partial charge is 0.264 e. The maximum atomic E-state index is 14.6. The summed E-state index contributed by atoms with van der Waals surface area (Å²) in [5.74, 6) is -0.319. The topological polar surface area (TPSA) is 105 Å². The lowest BCUT2D eigenvalue weighted by molar-refractivity contribution is -0.140. The van der Waals surface area contributed by atoms with E-state index in [9.17, 15) is 18.0 Å². The number of benzene rings is 4. The molecule has 0 bridgehead atoms. The first-order valence-electron chi connectivity index (χ1n) is 14.7. The Hall–Kier alpha value is -4.35. The van der Waals surface area contributed by atoms with Gasteiger partial charge in [-0.15, -0.1) is 0 Å². The van der Waals surface area contributed by atoms with Gasteiger partial charge in [-0.3, -0.25) is 13.9 Å². The molecule has 9 nitrogen and oxygen atoms in total. The van der Waals surface area contributed by atoms with E-state index in [4.69, 9.17) is 9.47 Å². The van der Waals surface area contributed by atoms with Gasteiger partial charge in [0.1, 0.15) is 24.1 Å². The van der Waals surface area contributed by atoms with Crippen molar-refractivity contribution in [2.75, 3.05) is 25.1 Å². The van der Waals surface area contributed by atoms with Crippen LogP contribution in [0.25, 0.3) is 0 Å². The molecule has 0 saturated carbocycles. The number of carbonyl (C=O) groups excluding carboxylic acids is 2. The Labute approximate surface area is 279 Å². The third-order valence-electron chi connectivity index (χ3n) is 7.23. The average molecular weight is 709 g/mol. The van der Waals surface area contributed by atoms with Crippen molar-refractivity contribution in [3.05, 3.63) is 119 Å². The summed E-state index contributed by atoms with van der Waals surface area (Å²) in [5.41, 5.74) is 1.74. The minimum Gasteiger partial charge on any atom is -0.497 e. The van der Waals surface area contributed by atoms with Crippen molar-refractivity contribution in [1.82, 2.24) is 10.2 Å². The van der Waals surface area contributed by atoms with Crippen LogP contribution in [0.3, 0.4) is 0 Å². The molecule has 0 aromatic heterocycles. The van der Waals surface area contributed by atoms with Crippen LogP contribution in [0, 0.1) is 0 Å². The van der Waals surface area contributed by atoms with E-state index in [1.807, 2.05) is 68.4 Å². The van der Waals surface area contributed by atoms with Crippen LogP contribution < -0.4 is 19.1 Å². The molecule has 0 fully saturated rings. The summed E-state index contributed by atoms with van der Waals surface area (Å²) in [4.78, 5) is 29.9. The third kappa shape index (κ3) is 8.67. The normalized spacial score (nSPS) is 11.9. The van der Waals surface area contributed by atoms with Crippen LogP contribution in [0.2, 0.25) is 0 Å². The Morgan fingerprint density at radius 2 is 1.46 bits per heavy atom. The van der Waals surface area contributed by atoms with Gasteiger partial charge < -0.3 is 19.7 Å². The Bertz CT molecular complexity index is 1720. The van der Waals surface area contributed by atoms with Gasteiger partial charge in [-0.2, -0.15) is 0 Å². The number of anilines is 1. The minimum atomic E-state index is -4.30. The van der Waals surface area contributed by atoms with Crippen LogP contribution in [0.15, 0.2) is 112 Å². The number of halogens is 1. The molecule has 242 valence electrons. The second-order valence-corrected chi connectivity index (χ2v) is 13.7. The van der Waals surface area contributed by atoms with Crippen LogP contribution in [0.1, 0.15) is 25.0 Å². The molecule has 11 heteroatoms. The van der Waals surface area contributed by atoms with Crippen molar-refractivity contribution < 1.29 is 27.5 Å². The molecule has 0 aliphatic heterocycles. The summed E-state index contributed by atoms with van der Waals surface area (Å²) in [6.07, 6.45) is 0.218. The molecule has 4 aromatic rings. The summed E-state index contributed by atoms with van der Waals surface area (Å²) < 4.78 is 41.4. The van der Waals surface area contributed by atoms with E-state index in [-0.39, 0.29) is 41.2 Å². The number of ether oxygens (including phenoxy) is 2. The van der Waals surface area contributed by atoms with E-state index < -0.39 is 28.5 Å². The molecule has 0 saturated heterocycles. The molecule has 0 radical (unpaired) electrons. The first-order chi connectivity index (χ1) is 22.0. The highest BCUT2D eigenvalue weighted by Crippen LogP contribution is 2.36. The predicted octanol–water partition coefficient (Wildman–Crippen LogP) is 5.83. The van der Waals surface area contributed by atoms with Crippen molar-refractivity contribution in [1.29, 1.82) is 0 Å². The molecule has 2 amide bonds. The van der Waals surface area contributed by atoms with Gasteiger partial charge in [0.05, 0.1) is 24.8 Å². The fraction of sp³-hybridized carbons (Fsp3) is 0.257. The largest absolute Gasteiger partial charge is 0.497 e. The molecule has 0 aliphatic rings. The molecule has 4 aromatic carbocycles. The quantitative estimate of drug-likeness (QED) is 0.177. The van der Waals surface area contributed by atoms with Gasteiger partial charge >= 0.3 is 0 Å². The lowest BCUT2D eigenvalue weighted by Crippen LogP contribution is -2.54. The molecule has 0 heterocycles. The van der Waals surface area contributed by atoms with Crippen LogP contribution in [0.4, 0.5) is 5.69 Å². The van der Waals surface area contributed by atoms with E-state index >= 15 is 0 Å². The molecular formula is C35H38BrN3O6S. The number of nitrogens with one attached hydrogen (secondary N) is 1. The third-order valence-corrected chi connectivity index (χ3v) is 9.54. The minimum absolute atomic E-state index is 0.00878. The Morgan fingerprint density at radius 3 is 2.04 bits per heavy atom. The molecule has 1 atom stereocenters. The fourth-order valence-corrected chi connectivity index (χ4v) is 6.65. The lowest BCUT2D eigenvalue weighted by Gasteiger charge is -2.34. The first-order valence-corrected chi connectivity index (χ1v) is 16.9. The molecular weight excluding hydrogens is 670 g/mol. The van der Waals surface area contributed by atoms with Crippen molar-refractivity contribution in [3.8, 4) is 11.5 Å². The second-order valence-electron chi connectivity index (χ2n) is 10.9. The van der Waals surface area contributed by atoms with E-state index in [0.717, 1.165) is 19.9 Å². The van der Waals surface area contributed by atoms with Gasteiger partial charge in [0.25, 0.3) is 10.0 Å². The number of hydrogen-bond donors (Lipinski definition) is 1. The van der Waals surface area contributed by atoms with Gasteiger partial charge in [-0.05, 0) is 61.4 Å². The van der Waals surface area contributed by atoms with Gasteiger partial charge in [0.15, 0.2) is 0 Å². The lowest BCUT2D eigenvalue weighted by atomic mass is 10.0. The SMILES string of the molecule is COc1ccc(OC)c(N(CC(=O)N(Cc2ccc(Br)cc2)[C@@H](Cc2ccccc2)C(=O)NC(C)C)S(=O)(=O)c2ccccc2)c1. The molecule has 0 aliphatic carbocycles. The molecule has 4 rings (SSSR count). The van der Waals surface area contributed by atoms with Crippen molar-refractivity contribution in [2.45, 2.75) is 43.8 Å². The Kier molecular flexibility index (Phi) is 11.8. The zero-order valence-electron chi connectivity index (χ0n) is 26.2. The fourth-order valence-electron chi connectivity index (χ4n) is 4.95. The number of nitrogens with zero attached hydrogens (tertiary/aromatic N) is 2. The zero-order valence-corrected chi connectivity index (χ0v) is 28.6. The highest BCUT2D eigenvalue weighted by atomic mass is 79.9. The number of methoxy groups -OCH3 is 2. The second kappa shape index (κ2) is 15.8. The maximum absolute atomic E-state index is 14.6. The molecule has 1 N–H and O–H groups in total. The summed E-state index contributed by atoms with van der Waals surface area (Å²) in [5, 5.41) is 2.96. The summed E-state index contributed by atoms with van der Waals surface area (Å²) in [6, 6.07) is 28.3. The van der Waals surface area contributed by atoms with E-state index in [1.54, 1.807) is 30.3 Å². The van der Waals surface area contributed by atoms with Crippen LogP contribution in [-0.4, -0.2) is 58.0 Å². The zero-order chi connectivity index (χ0) is 33.3. The van der Waals surface area contributed by atoms with Crippen molar-refractivity contribution in [2.24, 2.45) is 0 Å². The van der Waals surface area contributed by atoms with Crippen molar-refractivity contribution >= 4 is 43.5 Å². The Morgan fingerprint density at radius 1 is 0.826 bits per heavy atom. The number of amides is 2. The monoisotopic (exact) mass is 707 g/mol. The Balaban J connectivity index is 1.86. The van der Waals surface area contributed by atoms with Gasteiger partial charge in [-0.1, -0.05) is 76.6 Å². The maximum Gasteiger partial charge on any atom is 0.264 e. The summed E-state index contributed by atoms with van der Waals surface area (Å²) in [7, 11) is -1.41. The summed E-state index contributed by atoms with van der Waals surface area (Å²) >= 11 is 3.45. The van der Waals surface area contributed by atoms with Gasteiger partial charge in [-0.25, -0.2) is 8.42 Å². The first kappa shape index (κ1) is 34.5. The molecule has 0 spiro atoms. The van der Waals surface area contributed by atoms with Gasteiger partial charge in [0.2, 0.25) is 11.8 Å². The van der Waals surface area contributed by atoms with Crippen molar-refractivity contribution in [3.63, 3.8) is 0 Å². The molecule has 46 heavy (non-hydrogen) atoms. The van der Waals surface area contributed by atoms with Gasteiger partial charge in [0, 0.05) is 29.5 Å². The van der Waals surface area contributed by atoms with E-state index in [2.05, 4.69) is 21.2 Å².